The number of fused-ring (bicyclic) bond motifs is 3. The number of anilines is 2. The Balaban J connectivity index is 1.10. The topological polar surface area (TPSA) is 101 Å². The summed E-state index contributed by atoms with van der Waals surface area (Å²) in [4.78, 5) is 14.7. The highest BCUT2D eigenvalue weighted by molar-refractivity contribution is 6.36. The second kappa shape index (κ2) is 12.0. The van der Waals surface area contributed by atoms with E-state index in [1.807, 2.05) is 16.5 Å². The van der Waals surface area contributed by atoms with E-state index in [2.05, 4.69) is 49.6 Å². The summed E-state index contributed by atoms with van der Waals surface area (Å²) in [5, 5.41) is 13.4. The largest absolute Gasteiger partial charge is 0.501 e. The molecule has 7 rings (SSSR count). The number of allylic oxidation sites excluding steroid dienone is 3. The number of benzene rings is 1. The van der Waals surface area contributed by atoms with Gasteiger partial charge in [-0.2, -0.15) is 4.99 Å². The Labute approximate surface area is 254 Å². The monoisotopic (exact) mass is 602 g/mol. The van der Waals surface area contributed by atoms with Gasteiger partial charge in [-0.3, -0.25) is 9.30 Å². The molecule has 0 bridgehead atoms. The summed E-state index contributed by atoms with van der Waals surface area (Å²) in [5.74, 6) is 1.85. The highest BCUT2D eigenvalue weighted by Gasteiger charge is 2.26. The van der Waals surface area contributed by atoms with E-state index in [4.69, 9.17) is 35.8 Å². The molecule has 2 fully saturated rings. The molecule has 3 aliphatic heterocycles. The Kier molecular flexibility index (Phi) is 7.77. The van der Waals surface area contributed by atoms with Crippen molar-refractivity contribution in [2.75, 3.05) is 63.8 Å². The van der Waals surface area contributed by atoms with Crippen molar-refractivity contribution in [3.8, 4) is 0 Å². The lowest BCUT2D eigenvalue weighted by Crippen LogP contribution is -2.49. The van der Waals surface area contributed by atoms with Gasteiger partial charge >= 0.3 is 0 Å². The summed E-state index contributed by atoms with van der Waals surface area (Å²) in [6.07, 6.45) is 6.37. The lowest BCUT2D eigenvalue weighted by molar-refractivity contribution is 0.0115. The Bertz CT molecular complexity index is 1730. The first kappa shape index (κ1) is 27.9. The third-order valence-electron chi connectivity index (χ3n) is 8.68. The van der Waals surface area contributed by atoms with E-state index in [1.165, 1.54) is 18.5 Å². The zero-order valence-electron chi connectivity index (χ0n) is 24.4. The average Bonchev–Trinajstić information content (AvgIpc) is 3.56. The lowest BCUT2D eigenvalue weighted by Gasteiger charge is -2.40. The number of guanidine groups is 1. The zero-order valence-corrected chi connectivity index (χ0v) is 25.2. The standard InChI is InChI=1S/C31H35ClN8O3/c1-41-24-16-25(28(32)27(17-24)42-2)26-15-20-18-33-31(36-29(20)40-19-34-37-30(26)40)35-21-3-5-22(6-4-21)38-9-7-23(8-10-38)39-11-13-43-14-12-39/h3-6,15,17,19,23H,7-14,16,18H2,1-2H3,(H,33,35). The summed E-state index contributed by atoms with van der Waals surface area (Å²) in [6, 6.07) is 11.3. The highest BCUT2D eigenvalue weighted by Crippen LogP contribution is 2.33. The number of morpholine rings is 1. The van der Waals surface area contributed by atoms with Gasteiger partial charge in [0.2, 0.25) is 5.96 Å². The number of nitrogens with one attached hydrogen (secondary N) is 1. The fourth-order valence-corrected chi connectivity index (χ4v) is 6.63. The second-order valence-electron chi connectivity index (χ2n) is 11.1. The van der Waals surface area contributed by atoms with Gasteiger partial charge in [0.15, 0.2) is 5.65 Å². The third kappa shape index (κ3) is 5.48. The molecule has 11 nitrogen and oxygen atoms in total. The summed E-state index contributed by atoms with van der Waals surface area (Å²) >= 11 is 6.76. The number of pyridine rings is 1. The fourth-order valence-electron chi connectivity index (χ4n) is 6.33. The molecule has 0 saturated carbocycles. The number of ether oxygens (including phenoxy) is 3. The maximum Gasteiger partial charge on any atom is 0.224 e. The van der Waals surface area contributed by atoms with Crippen molar-refractivity contribution in [1.82, 2.24) is 19.5 Å². The number of halogens is 1. The summed E-state index contributed by atoms with van der Waals surface area (Å²) in [7, 11) is 3.23. The normalized spacial score (nSPS) is 21.2. The molecule has 2 aromatic heterocycles. The molecule has 3 aromatic rings. The predicted molar refractivity (Wildman–Crippen MR) is 166 cm³/mol. The molecule has 0 amide bonds. The minimum atomic E-state index is 0.456. The highest BCUT2D eigenvalue weighted by atomic mass is 35.5. The van der Waals surface area contributed by atoms with Gasteiger partial charge in [0.25, 0.3) is 0 Å². The Morgan fingerprint density at radius 1 is 1.02 bits per heavy atom. The van der Waals surface area contributed by atoms with Crippen molar-refractivity contribution < 1.29 is 14.2 Å². The Hall–Kier alpha value is -3.93. The number of aliphatic imine (C=N–C) groups is 1. The van der Waals surface area contributed by atoms with Crippen molar-refractivity contribution in [2.45, 2.75) is 31.8 Å². The first-order chi connectivity index (χ1) is 21.1. The minimum Gasteiger partial charge on any atom is -0.501 e. The molecule has 43 heavy (non-hydrogen) atoms. The maximum absolute atomic E-state index is 6.76. The first-order valence-corrected chi connectivity index (χ1v) is 15.1. The van der Waals surface area contributed by atoms with Gasteiger partial charge in [-0.05, 0) is 48.7 Å². The van der Waals surface area contributed by atoms with Gasteiger partial charge in [0.05, 0.1) is 39.0 Å². The molecule has 1 aromatic carbocycles. The predicted octanol–water partition coefficient (Wildman–Crippen LogP) is 2.81. The quantitative estimate of drug-likeness (QED) is 0.476. The van der Waals surface area contributed by atoms with E-state index >= 15 is 0 Å². The molecule has 2 saturated heterocycles. The fraction of sp³-hybridized carbons (Fsp3) is 0.419. The molecule has 12 heteroatoms. The first-order valence-electron chi connectivity index (χ1n) is 14.7. The molecule has 1 aliphatic carbocycles. The molecule has 5 heterocycles. The van der Waals surface area contributed by atoms with E-state index in [1.54, 1.807) is 20.5 Å². The van der Waals surface area contributed by atoms with Gasteiger partial charge in [-0.1, -0.05) is 11.6 Å². The molecule has 0 atom stereocenters. The van der Waals surface area contributed by atoms with E-state index in [0.717, 1.165) is 72.7 Å². The average molecular weight is 603 g/mol. The zero-order chi connectivity index (χ0) is 29.3. The number of rotatable bonds is 5. The van der Waals surface area contributed by atoms with Gasteiger partial charge < -0.3 is 24.4 Å². The van der Waals surface area contributed by atoms with Crippen LogP contribution in [-0.4, -0.2) is 85.1 Å². The molecule has 0 radical (unpaired) electrons. The molecule has 0 unspecified atom stereocenters. The number of piperidine rings is 1. The van der Waals surface area contributed by atoms with Crippen LogP contribution in [0.3, 0.4) is 0 Å². The number of nitrogens with zero attached hydrogens (tertiary/aromatic N) is 7. The van der Waals surface area contributed by atoms with Crippen molar-refractivity contribution in [1.29, 1.82) is 0 Å². The van der Waals surface area contributed by atoms with Crippen LogP contribution in [0.2, 0.25) is 0 Å². The number of hydrogen-bond donors (Lipinski definition) is 1. The number of methoxy groups -OCH3 is 2. The van der Waals surface area contributed by atoms with Crippen molar-refractivity contribution in [3.63, 3.8) is 0 Å². The van der Waals surface area contributed by atoms with E-state index < -0.39 is 0 Å². The van der Waals surface area contributed by atoms with E-state index in [9.17, 15) is 0 Å². The van der Waals surface area contributed by atoms with Crippen molar-refractivity contribution in [3.05, 3.63) is 75.6 Å². The summed E-state index contributed by atoms with van der Waals surface area (Å²) in [6.45, 7) is 6.43. The van der Waals surface area contributed by atoms with Crippen LogP contribution < -0.4 is 20.9 Å². The SMILES string of the molecule is COC1=CC(OC)=C(Cl)C(=c2cc3c(n4cnnc24)=NC(Nc2ccc(N4CCC(N5CCOCC5)CC4)cc2)=NC3)C1. The summed E-state index contributed by atoms with van der Waals surface area (Å²) < 4.78 is 18.5. The van der Waals surface area contributed by atoms with Crippen LogP contribution in [0.5, 0.6) is 0 Å². The van der Waals surface area contributed by atoms with Crippen LogP contribution >= 0.6 is 11.6 Å². The van der Waals surface area contributed by atoms with Gasteiger partial charge in [0, 0.05) is 66.9 Å². The van der Waals surface area contributed by atoms with E-state index in [-0.39, 0.29) is 0 Å². The Morgan fingerprint density at radius 2 is 1.81 bits per heavy atom. The van der Waals surface area contributed by atoms with Crippen molar-refractivity contribution in [2.24, 2.45) is 9.98 Å². The molecule has 4 aliphatic rings. The van der Waals surface area contributed by atoms with Gasteiger partial charge in [-0.25, -0.2) is 4.99 Å². The summed E-state index contributed by atoms with van der Waals surface area (Å²) in [5.41, 5.74) is 5.40. The van der Waals surface area contributed by atoms with Crippen LogP contribution in [0.25, 0.3) is 11.2 Å². The molecule has 1 N–H and O–H groups in total. The van der Waals surface area contributed by atoms with Crippen LogP contribution in [-0.2, 0) is 20.8 Å². The molecule has 0 spiro atoms. The number of hydrogen-bond acceptors (Lipinski definition) is 10. The maximum atomic E-state index is 6.76. The van der Waals surface area contributed by atoms with Gasteiger partial charge in [0.1, 0.15) is 23.3 Å². The van der Waals surface area contributed by atoms with E-state index in [0.29, 0.717) is 41.4 Å². The van der Waals surface area contributed by atoms with Crippen LogP contribution in [0.1, 0.15) is 24.8 Å². The van der Waals surface area contributed by atoms with Crippen molar-refractivity contribution >= 4 is 40.2 Å². The molecule has 224 valence electrons. The van der Waals surface area contributed by atoms with Crippen LogP contribution in [0.4, 0.5) is 11.4 Å². The van der Waals surface area contributed by atoms with Crippen LogP contribution in [0, 0.1) is 0 Å². The lowest BCUT2D eigenvalue weighted by atomic mass is 10.0. The number of aromatic nitrogens is 3. The van der Waals surface area contributed by atoms with Crippen LogP contribution in [0.15, 0.2) is 69.3 Å². The molecular weight excluding hydrogens is 568 g/mol. The second-order valence-corrected chi connectivity index (χ2v) is 11.5. The third-order valence-corrected chi connectivity index (χ3v) is 9.09. The molecular formula is C31H35ClN8O3. The minimum absolute atomic E-state index is 0.456. The van der Waals surface area contributed by atoms with Gasteiger partial charge in [-0.15, -0.1) is 10.2 Å². The Morgan fingerprint density at radius 3 is 2.56 bits per heavy atom. The smallest absolute Gasteiger partial charge is 0.224 e.